The molecule has 0 radical (unpaired) electrons. The Labute approximate surface area is 94.7 Å². The van der Waals surface area contributed by atoms with Gasteiger partial charge in [-0.25, -0.2) is 4.98 Å². The van der Waals surface area contributed by atoms with E-state index in [9.17, 15) is 0 Å². The van der Waals surface area contributed by atoms with E-state index >= 15 is 0 Å². The Morgan fingerprint density at radius 3 is 3.00 bits per heavy atom. The Hall–Kier alpha value is -1.68. The molecule has 1 N–H and O–H groups in total. The fourth-order valence-electron chi connectivity index (χ4n) is 1.43. The molecule has 0 aliphatic rings. The van der Waals surface area contributed by atoms with E-state index in [0.29, 0.717) is 0 Å². The van der Waals surface area contributed by atoms with Crippen molar-refractivity contribution < 1.29 is 4.42 Å². The topological polar surface area (TPSA) is 51.0 Å². The summed E-state index contributed by atoms with van der Waals surface area (Å²) in [7, 11) is 0. The molecule has 2 aromatic rings. The van der Waals surface area contributed by atoms with Crippen LogP contribution in [-0.4, -0.2) is 16.5 Å². The third-order valence-electron chi connectivity index (χ3n) is 2.20. The van der Waals surface area contributed by atoms with Gasteiger partial charge in [-0.15, -0.1) is 0 Å². The zero-order valence-corrected chi connectivity index (χ0v) is 9.31. The summed E-state index contributed by atoms with van der Waals surface area (Å²) in [6, 6.07) is 3.89. The molecular weight excluding hydrogens is 202 g/mol. The molecule has 0 fully saturated rings. The van der Waals surface area contributed by atoms with Crippen LogP contribution in [0, 0.1) is 0 Å². The highest BCUT2D eigenvalue weighted by atomic mass is 16.3. The summed E-state index contributed by atoms with van der Waals surface area (Å²) >= 11 is 0. The largest absolute Gasteiger partial charge is 0.458 e. The first-order chi connectivity index (χ1) is 7.90. The minimum absolute atomic E-state index is 0.758. The zero-order chi connectivity index (χ0) is 11.2. The van der Waals surface area contributed by atoms with Crippen molar-refractivity contribution in [3.63, 3.8) is 0 Å². The lowest BCUT2D eigenvalue weighted by molar-refractivity contribution is 0.492. The smallest absolute Gasteiger partial charge is 0.154 e. The number of nitrogens with one attached hydrogen (secondary N) is 1. The molecule has 0 amide bonds. The van der Waals surface area contributed by atoms with Crippen molar-refractivity contribution in [2.75, 3.05) is 6.54 Å². The Morgan fingerprint density at radius 2 is 2.25 bits per heavy atom. The molecule has 4 heteroatoms. The zero-order valence-electron chi connectivity index (χ0n) is 9.31. The summed E-state index contributed by atoms with van der Waals surface area (Å²) in [4.78, 5) is 8.19. The molecule has 4 nitrogen and oxygen atoms in total. The average Bonchev–Trinajstić information content (AvgIpc) is 2.79. The first-order valence-corrected chi connectivity index (χ1v) is 5.46. The van der Waals surface area contributed by atoms with Crippen LogP contribution in [0.25, 0.3) is 11.5 Å². The van der Waals surface area contributed by atoms with E-state index in [1.165, 1.54) is 0 Å². The molecule has 0 saturated heterocycles. The predicted molar refractivity (Wildman–Crippen MR) is 61.7 cm³/mol. The van der Waals surface area contributed by atoms with Crippen molar-refractivity contribution in [2.24, 2.45) is 0 Å². The van der Waals surface area contributed by atoms with Gasteiger partial charge in [0.1, 0.15) is 11.5 Å². The van der Waals surface area contributed by atoms with E-state index in [1.54, 1.807) is 18.6 Å². The van der Waals surface area contributed by atoms with E-state index in [0.717, 1.165) is 36.7 Å². The van der Waals surface area contributed by atoms with Crippen LogP contribution in [0.4, 0.5) is 0 Å². The van der Waals surface area contributed by atoms with Gasteiger partial charge < -0.3 is 9.73 Å². The van der Waals surface area contributed by atoms with E-state index in [-0.39, 0.29) is 0 Å². The van der Waals surface area contributed by atoms with Crippen molar-refractivity contribution in [2.45, 2.75) is 19.9 Å². The normalized spacial score (nSPS) is 10.6. The maximum atomic E-state index is 5.65. The second kappa shape index (κ2) is 5.42. The number of nitrogens with zero attached hydrogens (tertiary/aromatic N) is 2. The van der Waals surface area contributed by atoms with Crippen molar-refractivity contribution in [3.05, 3.63) is 36.5 Å². The second-order valence-corrected chi connectivity index (χ2v) is 3.53. The first kappa shape index (κ1) is 10.8. The van der Waals surface area contributed by atoms with Gasteiger partial charge in [0, 0.05) is 12.4 Å². The van der Waals surface area contributed by atoms with Gasteiger partial charge in [-0.05, 0) is 25.1 Å². The Balaban J connectivity index is 2.02. The van der Waals surface area contributed by atoms with Crippen LogP contribution < -0.4 is 5.32 Å². The highest BCUT2D eigenvalue weighted by Gasteiger charge is 2.04. The third kappa shape index (κ3) is 2.67. The molecule has 0 aliphatic carbocycles. The second-order valence-electron chi connectivity index (χ2n) is 3.53. The highest BCUT2D eigenvalue weighted by molar-refractivity contribution is 5.50. The third-order valence-corrected chi connectivity index (χ3v) is 2.20. The minimum atomic E-state index is 0.758. The molecule has 0 saturated carbocycles. The lowest BCUT2D eigenvalue weighted by Gasteiger charge is -1.99. The van der Waals surface area contributed by atoms with Crippen molar-refractivity contribution >= 4 is 0 Å². The average molecular weight is 217 g/mol. The van der Waals surface area contributed by atoms with Crippen LogP contribution in [-0.2, 0) is 6.54 Å². The predicted octanol–water partition coefficient (Wildman–Crippen LogP) is 2.24. The van der Waals surface area contributed by atoms with Gasteiger partial charge >= 0.3 is 0 Å². The number of rotatable bonds is 5. The van der Waals surface area contributed by atoms with E-state index in [4.69, 9.17) is 4.42 Å². The van der Waals surface area contributed by atoms with E-state index in [1.807, 2.05) is 12.1 Å². The summed E-state index contributed by atoms with van der Waals surface area (Å²) in [5.74, 6) is 1.69. The number of furan rings is 1. The van der Waals surface area contributed by atoms with Crippen molar-refractivity contribution in [1.29, 1.82) is 0 Å². The Morgan fingerprint density at radius 1 is 1.31 bits per heavy atom. The van der Waals surface area contributed by atoms with Gasteiger partial charge in [0.15, 0.2) is 5.76 Å². The van der Waals surface area contributed by atoms with Crippen molar-refractivity contribution in [3.8, 4) is 11.5 Å². The molecule has 2 rings (SSSR count). The summed E-state index contributed by atoms with van der Waals surface area (Å²) in [6.45, 7) is 3.90. The molecule has 0 aromatic carbocycles. The van der Waals surface area contributed by atoms with Gasteiger partial charge in [0.2, 0.25) is 0 Å². The summed E-state index contributed by atoms with van der Waals surface area (Å²) in [6.07, 6.45) is 6.13. The van der Waals surface area contributed by atoms with Crippen LogP contribution in [0.15, 0.2) is 35.1 Å². The van der Waals surface area contributed by atoms with E-state index < -0.39 is 0 Å². The van der Waals surface area contributed by atoms with Gasteiger partial charge in [-0.2, -0.15) is 0 Å². The lowest BCUT2D eigenvalue weighted by Crippen LogP contribution is -2.12. The number of aromatic nitrogens is 2. The van der Waals surface area contributed by atoms with Crippen LogP contribution >= 0.6 is 0 Å². The molecule has 0 spiro atoms. The summed E-state index contributed by atoms with van der Waals surface area (Å²) < 4.78 is 5.65. The summed E-state index contributed by atoms with van der Waals surface area (Å²) in [5.41, 5.74) is 0.768. The SMILES string of the molecule is CCCNCc1ccc(-c2cnccn2)o1. The fourth-order valence-corrected chi connectivity index (χ4v) is 1.43. The van der Waals surface area contributed by atoms with Gasteiger partial charge in [0.05, 0.1) is 12.7 Å². The molecule has 0 unspecified atom stereocenters. The molecule has 16 heavy (non-hydrogen) atoms. The highest BCUT2D eigenvalue weighted by Crippen LogP contribution is 2.18. The van der Waals surface area contributed by atoms with Crippen LogP contribution in [0.1, 0.15) is 19.1 Å². The number of hydrogen-bond acceptors (Lipinski definition) is 4. The van der Waals surface area contributed by atoms with Gasteiger partial charge in [-0.1, -0.05) is 6.92 Å². The van der Waals surface area contributed by atoms with Crippen LogP contribution in [0.2, 0.25) is 0 Å². The van der Waals surface area contributed by atoms with E-state index in [2.05, 4.69) is 22.2 Å². The number of hydrogen-bond donors (Lipinski definition) is 1. The molecule has 0 bridgehead atoms. The van der Waals surface area contributed by atoms with Gasteiger partial charge in [0.25, 0.3) is 0 Å². The summed E-state index contributed by atoms with van der Waals surface area (Å²) in [5, 5.41) is 3.29. The first-order valence-electron chi connectivity index (χ1n) is 5.46. The molecule has 2 heterocycles. The molecule has 84 valence electrons. The Bertz CT molecular complexity index is 425. The fraction of sp³-hybridized carbons (Fsp3) is 0.333. The van der Waals surface area contributed by atoms with Gasteiger partial charge in [-0.3, -0.25) is 4.98 Å². The maximum Gasteiger partial charge on any atom is 0.154 e. The standard InChI is InChI=1S/C12H15N3O/c1-2-5-13-8-10-3-4-12(16-10)11-9-14-6-7-15-11/h3-4,6-7,9,13H,2,5,8H2,1H3. The van der Waals surface area contributed by atoms with Crippen LogP contribution in [0.5, 0.6) is 0 Å². The molecule has 2 aromatic heterocycles. The van der Waals surface area contributed by atoms with Crippen molar-refractivity contribution in [1.82, 2.24) is 15.3 Å². The Kier molecular flexibility index (Phi) is 3.66. The lowest BCUT2D eigenvalue weighted by atomic mass is 10.3. The molecule has 0 aliphatic heterocycles. The maximum absolute atomic E-state index is 5.65. The molecule has 0 atom stereocenters. The quantitative estimate of drug-likeness (QED) is 0.780. The molecular formula is C12H15N3O. The minimum Gasteiger partial charge on any atom is -0.458 e. The van der Waals surface area contributed by atoms with Crippen LogP contribution in [0.3, 0.4) is 0 Å². The monoisotopic (exact) mass is 217 g/mol.